The number of pyridine rings is 1. The van der Waals surface area contributed by atoms with Crippen molar-refractivity contribution in [2.24, 2.45) is 0 Å². The maximum absolute atomic E-state index is 8.76. The van der Waals surface area contributed by atoms with Crippen LogP contribution in [0.25, 0.3) is 0 Å². The second kappa shape index (κ2) is 7.81. The van der Waals surface area contributed by atoms with E-state index in [4.69, 9.17) is 5.11 Å². The molecule has 2 rings (SSSR count). The van der Waals surface area contributed by atoms with Gasteiger partial charge in [-0.2, -0.15) is 0 Å². The highest BCUT2D eigenvalue weighted by molar-refractivity contribution is 7.10. The highest BCUT2D eigenvalue weighted by atomic mass is 32.1. The van der Waals surface area contributed by atoms with Crippen molar-refractivity contribution < 1.29 is 5.11 Å². The lowest BCUT2D eigenvalue weighted by molar-refractivity contribution is 0.305. The van der Waals surface area contributed by atoms with Crippen LogP contribution in [0.3, 0.4) is 0 Å². The Morgan fingerprint density at radius 1 is 1.35 bits per heavy atom. The molecule has 2 heterocycles. The van der Waals surface area contributed by atoms with Gasteiger partial charge in [-0.25, -0.2) is 0 Å². The average Bonchev–Trinajstić information content (AvgIpc) is 2.87. The van der Waals surface area contributed by atoms with Crippen molar-refractivity contribution in [3.63, 3.8) is 0 Å². The summed E-state index contributed by atoms with van der Waals surface area (Å²) in [6.07, 6.45) is 4.21. The van der Waals surface area contributed by atoms with Crippen LogP contribution in [0.15, 0.2) is 36.0 Å². The molecule has 0 radical (unpaired) electrons. The standard InChI is InChI=1S/C16H18N2OS/c1-18(12-14-5-4-8-17-11-14)13-16-15(7-10-20-16)6-2-3-9-19/h4-5,7-8,10-11,19H,3,9,12-13H2,1H3. The number of hydrogen-bond acceptors (Lipinski definition) is 4. The summed E-state index contributed by atoms with van der Waals surface area (Å²) in [5.41, 5.74) is 2.28. The van der Waals surface area contributed by atoms with Crippen LogP contribution >= 0.6 is 11.3 Å². The Morgan fingerprint density at radius 2 is 2.25 bits per heavy atom. The van der Waals surface area contributed by atoms with Crippen molar-refractivity contribution in [2.45, 2.75) is 19.5 Å². The lowest BCUT2D eigenvalue weighted by Gasteiger charge is -2.15. The smallest absolute Gasteiger partial charge is 0.0540 e. The number of aliphatic hydroxyl groups excluding tert-OH is 1. The Morgan fingerprint density at radius 3 is 3.00 bits per heavy atom. The van der Waals surface area contributed by atoms with Crippen molar-refractivity contribution in [3.05, 3.63) is 52.0 Å². The number of rotatable bonds is 5. The molecular formula is C16H18N2OS. The van der Waals surface area contributed by atoms with Gasteiger partial charge in [0, 0.05) is 42.3 Å². The fraction of sp³-hybridized carbons (Fsp3) is 0.312. The molecule has 0 aliphatic heterocycles. The van der Waals surface area contributed by atoms with E-state index in [2.05, 4.69) is 40.2 Å². The predicted molar refractivity (Wildman–Crippen MR) is 82.3 cm³/mol. The van der Waals surface area contributed by atoms with E-state index < -0.39 is 0 Å². The molecule has 20 heavy (non-hydrogen) atoms. The van der Waals surface area contributed by atoms with Crippen molar-refractivity contribution >= 4 is 11.3 Å². The molecule has 0 spiro atoms. The average molecular weight is 286 g/mol. The molecular weight excluding hydrogens is 268 g/mol. The zero-order valence-corrected chi connectivity index (χ0v) is 12.4. The largest absolute Gasteiger partial charge is 0.395 e. The lowest BCUT2D eigenvalue weighted by Crippen LogP contribution is -2.17. The van der Waals surface area contributed by atoms with Gasteiger partial charge in [0.05, 0.1) is 6.61 Å². The van der Waals surface area contributed by atoms with E-state index in [0.29, 0.717) is 6.42 Å². The van der Waals surface area contributed by atoms with Crippen LogP contribution in [0, 0.1) is 11.8 Å². The Labute approximate surface area is 123 Å². The molecule has 0 aromatic carbocycles. The third-order valence-electron chi connectivity index (χ3n) is 2.79. The van der Waals surface area contributed by atoms with Crippen LogP contribution in [0.5, 0.6) is 0 Å². The normalized spacial score (nSPS) is 10.3. The monoisotopic (exact) mass is 286 g/mol. The van der Waals surface area contributed by atoms with Gasteiger partial charge in [-0.05, 0) is 30.1 Å². The molecule has 0 aliphatic rings. The van der Waals surface area contributed by atoms with Gasteiger partial charge in [0.15, 0.2) is 0 Å². The first-order valence-electron chi connectivity index (χ1n) is 6.53. The highest BCUT2D eigenvalue weighted by Gasteiger charge is 2.06. The summed E-state index contributed by atoms with van der Waals surface area (Å²) < 4.78 is 0. The van der Waals surface area contributed by atoms with Gasteiger partial charge in [0.25, 0.3) is 0 Å². The molecule has 0 saturated heterocycles. The molecule has 0 aliphatic carbocycles. The Balaban J connectivity index is 1.97. The maximum Gasteiger partial charge on any atom is 0.0540 e. The van der Waals surface area contributed by atoms with Crippen LogP contribution in [0.4, 0.5) is 0 Å². The van der Waals surface area contributed by atoms with Crippen molar-refractivity contribution in [2.75, 3.05) is 13.7 Å². The summed E-state index contributed by atoms with van der Waals surface area (Å²) in [7, 11) is 2.09. The summed E-state index contributed by atoms with van der Waals surface area (Å²) in [6.45, 7) is 1.86. The van der Waals surface area contributed by atoms with Gasteiger partial charge < -0.3 is 5.11 Å². The summed E-state index contributed by atoms with van der Waals surface area (Å²) in [5, 5.41) is 10.8. The van der Waals surface area contributed by atoms with Crippen molar-refractivity contribution in [1.82, 2.24) is 9.88 Å². The van der Waals surface area contributed by atoms with E-state index in [1.807, 2.05) is 18.3 Å². The van der Waals surface area contributed by atoms with E-state index in [1.165, 1.54) is 10.4 Å². The molecule has 0 amide bonds. The van der Waals surface area contributed by atoms with Crippen LogP contribution in [0.1, 0.15) is 22.4 Å². The van der Waals surface area contributed by atoms with Gasteiger partial charge in [-0.1, -0.05) is 17.9 Å². The number of aromatic nitrogens is 1. The second-order valence-corrected chi connectivity index (χ2v) is 5.57. The van der Waals surface area contributed by atoms with Gasteiger partial charge in [-0.15, -0.1) is 11.3 Å². The molecule has 0 atom stereocenters. The molecule has 2 aromatic heterocycles. The van der Waals surface area contributed by atoms with Crippen LogP contribution in [-0.2, 0) is 13.1 Å². The number of thiophene rings is 1. The van der Waals surface area contributed by atoms with Gasteiger partial charge >= 0.3 is 0 Å². The molecule has 0 fully saturated rings. The fourth-order valence-corrected chi connectivity index (χ4v) is 2.80. The minimum absolute atomic E-state index is 0.118. The SMILES string of the molecule is CN(Cc1cccnc1)Cc1sccc1C#CCCO. The minimum atomic E-state index is 0.118. The summed E-state index contributed by atoms with van der Waals surface area (Å²) in [4.78, 5) is 7.65. The number of hydrogen-bond donors (Lipinski definition) is 1. The van der Waals surface area contributed by atoms with Gasteiger partial charge in [-0.3, -0.25) is 9.88 Å². The Kier molecular flexibility index (Phi) is 5.75. The molecule has 3 nitrogen and oxygen atoms in total. The molecule has 0 unspecified atom stereocenters. The zero-order valence-electron chi connectivity index (χ0n) is 11.5. The minimum Gasteiger partial charge on any atom is -0.395 e. The summed E-state index contributed by atoms with van der Waals surface area (Å²) >= 11 is 1.72. The predicted octanol–water partition coefficient (Wildman–Crippen LogP) is 2.51. The van der Waals surface area contributed by atoms with E-state index in [0.717, 1.165) is 18.7 Å². The van der Waals surface area contributed by atoms with Crippen LogP contribution in [0.2, 0.25) is 0 Å². The molecule has 104 valence electrons. The summed E-state index contributed by atoms with van der Waals surface area (Å²) in [5.74, 6) is 6.10. The van der Waals surface area contributed by atoms with E-state index >= 15 is 0 Å². The third kappa shape index (κ3) is 4.46. The number of aliphatic hydroxyl groups is 1. The first-order valence-corrected chi connectivity index (χ1v) is 7.41. The fourth-order valence-electron chi connectivity index (χ4n) is 1.89. The van der Waals surface area contributed by atoms with E-state index in [-0.39, 0.29) is 6.61 Å². The van der Waals surface area contributed by atoms with Crippen molar-refractivity contribution in [3.8, 4) is 11.8 Å². The first kappa shape index (κ1) is 14.7. The van der Waals surface area contributed by atoms with Gasteiger partial charge in [0.2, 0.25) is 0 Å². The lowest BCUT2D eigenvalue weighted by atomic mass is 10.2. The van der Waals surface area contributed by atoms with Gasteiger partial charge in [0.1, 0.15) is 0 Å². The summed E-state index contributed by atoms with van der Waals surface area (Å²) in [6, 6.07) is 6.09. The third-order valence-corrected chi connectivity index (χ3v) is 3.70. The molecule has 4 heteroatoms. The molecule has 0 saturated carbocycles. The van der Waals surface area contributed by atoms with Crippen LogP contribution < -0.4 is 0 Å². The first-order chi connectivity index (χ1) is 9.79. The highest BCUT2D eigenvalue weighted by Crippen LogP contribution is 2.18. The van der Waals surface area contributed by atoms with E-state index in [9.17, 15) is 0 Å². The van der Waals surface area contributed by atoms with Crippen LogP contribution in [-0.4, -0.2) is 28.6 Å². The molecule has 2 aromatic rings. The zero-order chi connectivity index (χ0) is 14.2. The second-order valence-electron chi connectivity index (χ2n) is 4.57. The molecule has 1 N–H and O–H groups in total. The van der Waals surface area contributed by atoms with Crippen molar-refractivity contribution in [1.29, 1.82) is 0 Å². The quantitative estimate of drug-likeness (QED) is 0.858. The Bertz CT molecular complexity index is 583. The van der Waals surface area contributed by atoms with E-state index in [1.54, 1.807) is 17.5 Å². The Hall–Kier alpha value is -1.67. The maximum atomic E-state index is 8.76. The topological polar surface area (TPSA) is 36.4 Å². The molecule has 0 bridgehead atoms. The number of nitrogens with zero attached hydrogens (tertiary/aromatic N) is 2.